The van der Waals surface area contributed by atoms with Crippen molar-refractivity contribution in [2.45, 2.75) is 71.0 Å². The van der Waals surface area contributed by atoms with Crippen LogP contribution in [-0.2, 0) is 25.7 Å². The minimum Gasteiger partial charge on any atom is -0.461 e. The van der Waals surface area contributed by atoms with Crippen LogP contribution in [0.2, 0.25) is 0 Å². The molecule has 0 aromatic heterocycles. The summed E-state index contributed by atoms with van der Waals surface area (Å²) < 4.78 is 33.1. The summed E-state index contributed by atoms with van der Waals surface area (Å²) >= 11 is 0. The van der Waals surface area contributed by atoms with Crippen LogP contribution in [0.15, 0.2) is 54.6 Å². The monoisotopic (exact) mass is 476 g/mol. The van der Waals surface area contributed by atoms with Crippen LogP contribution in [0.3, 0.4) is 0 Å². The van der Waals surface area contributed by atoms with Gasteiger partial charge in [-0.2, -0.15) is 8.78 Å². The molecule has 0 spiro atoms. The van der Waals surface area contributed by atoms with Gasteiger partial charge in [-0.25, -0.2) is 0 Å². The summed E-state index contributed by atoms with van der Waals surface area (Å²) in [5.41, 5.74) is 0.924. The number of alkyl halides is 2. The van der Waals surface area contributed by atoms with E-state index in [2.05, 4.69) is 0 Å². The molecular weight excluding hydrogens is 442 g/mol. The van der Waals surface area contributed by atoms with Crippen molar-refractivity contribution >= 4 is 17.5 Å². The number of aliphatic hydroxyl groups is 1. The second-order valence-corrected chi connectivity index (χ2v) is 9.19. The molecule has 186 valence electrons. The van der Waals surface area contributed by atoms with E-state index in [-0.39, 0.29) is 37.1 Å². The minimum absolute atomic E-state index is 0.0582. The quantitative estimate of drug-likeness (QED) is 0.183. The number of ether oxygens (including phenoxy) is 1. The van der Waals surface area contributed by atoms with Gasteiger partial charge in [0.1, 0.15) is 12.4 Å². The number of benzene rings is 1. The van der Waals surface area contributed by atoms with Gasteiger partial charge in [-0.1, -0.05) is 62.4 Å². The Balaban J connectivity index is 1.77. The highest BCUT2D eigenvalue weighted by atomic mass is 19.3. The number of ketones is 2. The zero-order chi connectivity index (χ0) is 25.1. The van der Waals surface area contributed by atoms with Gasteiger partial charge >= 0.3 is 11.9 Å². The van der Waals surface area contributed by atoms with Crippen LogP contribution in [-0.4, -0.2) is 34.7 Å². The molecule has 0 saturated heterocycles. The van der Waals surface area contributed by atoms with Crippen molar-refractivity contribution < 1.29 is 33.0 Å². The standard InChI is InChI=1S/C27H34F2O5/c1-19(2)17-27(28,29)25(32)15-14-22-21(23(30)16-24(22)31)12-8-3-4-9-13-26(33)34-18-20-10-6-5-7-11-20/h3,5-8,10-11,14-15,19,21-22,24,31H,4,9,12-13,16-18H2,1-2H3/t21-,22-,24-/m1/s1. The summed E-state index contributed by atoms with van der Waals surface area (Å²) in [5.74, 6) is -6.78. The van der Waals surface area contributed by atoms with E-state index in [9.17, 15) is 28.3 Å². The summed E-state index contributed by atoms with van der Waals surface area (Å²) in [4.78, 5) is 36.0. The maximum atomic E-state index is 14.0. The molecule has 1 aromatic rings. The summed E-state index contributed by atoms with van der Waals surface area (Å²) in [6.45, 7) is 3.46. The summed E-state index contributed by atoms with van der Waals surface area (Å²) in [5, 5.41) is 10.2. The average molecular weight is 477 g/mol. The molecule has 0 aliphatic heterocycles. The van der Waals surface area contributed by atoms with Gasteiger partial charge in [-0.15, -0.1) is 0 Å². The number of esters is 1. The minimum atomic E-state index is -3.46. The van der Waals surface area contributed by atoms with Crippen molar-refractivity contribution in [1.29, 1.82) is 0 Å². The highest BCUT2D eigenvalue weighted by Crippen LogP contribution is 2.34. The number of Topliss-reactive ketones (excluding diaryl/α,β-unsaturated/α-hetero) is 1. The topological polar surface area (TPSA) is 80.7 Å². The van der Waals surface area contributed by atoms with Gasteiger partial charge in [0, 0.05) is 31.1 Å². The molecule has 1 aliphatic rings. The third-order valence-corrected chi connectivity index (χ3v) is 5.78. The molecule has 3 atom stereocenters. The van der Waals surface area contributed by atoms with Crippen LogP contribution < -0.4 is 0 Å². The number of unbranched alkanes of at least 4 members (excludes halogenated alkanes) is 1. The van der Waals surface area contributed by atoms with Crippen molar-refractivity contribution in [1.82, 2.24) is 0 Å². The van der Waals surface area contributed by atoms with E-state index >= 15 is 0 Å². The molecule has 34 heavy (non-hydrogen) atoms. The predicted octanol–water partition coefficient (Wildman–Crippen LogP) is 5.22. The fourth-order valence-corrected chi connectivity index (χ4v) is 4.00. The molecule has 5 nitrogen and oxygen atoms in total. The van der Waals surface area contributed by atoms with Crippen LogP contribution in [0.5, 0.6) is 0 Å². The van der Waals surface area contributed by atoms with E-state index in [1.54, 1.807) is 19.9 Å². The van der Waals surface area contributed by atoms with Gasteiger partial charge in [0.05, 0.1) is 6.10 Å². The van der Waals surface area contributed by atoms with Gasteiger partial charge in [-0.3, -0.25) is 14.4 Å². The highest BCUT2D eigenvalue weighted by Gasteiger charge is 2.41. The SMILES string of the molecule is CC(C)CC(F)(F)C(=O)C=C[C@H]1[C@H](O)CC(=O)[C@@H]1CC=CCCCC(=O)OCc1ccccc1. The highest BCUT2D eigenvalue weighted by molar-refractivity contribution is 5.96. The lowest BCUT2D eigenvalue weighted by Crippen LogP contribution is -2.29. The Morgan fingerprint density at radius 2 is 1.91 bits per heavy atom. The Bertz CT molecular complexity index is 876. The van der Waals surface area contributed by atoms with Crippen molar-refractivity contribution in [3.8, 4) is 0 Å². The first-order chi connectivity index (χ1) is 16.1. The lowest BCUT2D eigenvalue weighted by Gasteiger charge is -2.18. The molecule has 7 heteroatoms. The molecule has 0 bridgehead atoms. The molecule has 1 N–H and O–H groups in total. The maximum absolute atomic E-state index is 14.0. The molecule has 1 saturated carbocycles. The third-order valence-electron chi connectivity index (χ3n) is 5.78. The molecule has 1 fully saturated rings. The number of halogens is 2. The van der Waals surface area contributed by atoms with E-state index < -0.39 is 36.1 Å². The van der Waals surface area contributed by atoms with Crippen LogP contribution in [0.4, 0.5) is 8.78 Å². The van der Waals surface area contributed by atoms with Crippen molar-refractivity contribution in [3.05, 3.63) is 60.2 Å². The van der Waals surface area contributed by atoms with Gasteiger partial charge in [0.25, 0.3) is 0 Å². The normalized spacial score (nSPS) is 21.1. The smallest absolute Gasteiger partial charge is 0.309 e. The summed E-state index contributed by atoms with van der Waals surface area (Å²) in [7, 11) is 0. The first kappa shape index (κ1) is 27.6. The molecule has 0 heterocycles. The summed E-state index contributed by atoms with van der Waals surface area (Å²) in [6.07, 6.45) is 5.94. The van der Waals surface area contributed by atoms with Crippen LogP contribution in [0.1, 0.15) is 57.9 Å². The Kier molecular flexibility index (Phi) is 10.8. The lowest BCUT2D eigenvalue weighted by atomic mass is 9.90. The summed E-state index contributed by atoms with van der Waals surface area (Å²) in [6, 6.07) is 9.41. The van der Waals surface area contributed by atoms with E-state index in [4.69, 9.17) is 4.74 Å². The average Bonchev–Trinajstić information content (AvgIpc) is 3.04. The van der Waals surface area contributed by atoms with E-state index in [1.807, 2.05) is 36.4 Å². The Morgan fingerprint density at radius 1 is 1.21 bits per heavy atom. The molecule has 1 aliphatic carbocycles. The number of hydrogen-bond acceptors (Lipinski definition) is 5. The van der Waals surface area contributed by atoms with E-state index in [0.717, 1.165) is 11.6 Å². The van der Waals surface area contributed by atoms with Gasteiger partial charge in [0.15, 0.2) is 0 Å². The van der Waals surface area contributed by atoms with Crippen molar-refractivity contribution in [2.75, 3.05) is 0 Å². The molecule has 1 aromatic carbocycles. The largest absolute Gasteiger partial charge is 0.461 e. The lowest BCUT2D eigenvalue weighted by molar-refractivity contribution is -0.145. The van der Waals surface area contributed by atoms with Gasteiger partial charge in [0.2, 0.25) is 5.78 Å². The first-order valence-corrected chi connectivity index (χ1v) is 11.8. The van der Waals surface area contributed by atoms with E-state index in [0.29, 0.717) is 19.3 Å². The predicted molar refractivity (Wildman–Crippen MR) is 125 cm³/mol. The fraction of sp³-hybridized carbons (Fsp3) is 0.519. The van der Waals surface area contributed by atoms with Gasteiger partial charge in [-0.05, 0) is 36.8 Å². The number of rotatable bonds is 13. The first-order valence-electron chi connectivity index (χ1n) is 11.8. The van der Waals surface area contributed by atoms with E-state index in [1.165, 1.54) is 6.08 Å². The van der Waals surface area contributed by atoms with Crippen molar-refractivity contribution in [2.24, 2.45) is 17.8 Å². The number of carbonyl (C=O) groups excluding carboxylic acids is 3. The van der Waals surface area contributed by atoms with Crippen molar-refractivity contribution in [3.63, 3.8) is 0 Å². The molecule has 0 unspecified atom stereocenters. The van der Waals surface area contributed by atoms with Crippen LogP contribution >= 0.6 is 0 Å². The third kappa shape index (κ3) is 8.93. The number of aliphatic hydroxyl groups excluding tert-OH is 1. The second kappa shape index (κ2) is 13.3. The van der Waals surface area contributed by atoms with Crippen LogP contribution in [0, 0.1) is 17.8 Å². The Hall–Kier alpha value is -2.67. The van der Waals surface area contributed by atoms with Gasteiger partial charge < -0.3 is 9.84 Å². The number of carbonyl (C=O) groups is 3. The Morgan fingerprint density at radius 3 is 2.59 bits per heavy atom. The Labute approximate surface area is 199 Å². The second-order valence-electron chi connectivity index (χ2n) is 9.19. The molecule has 0 amide bonds. The number of allylic oxidation sites excluding steroid dienone is 3. The van der Waals surface area contributed by atoms with Crippen LogP contribution in [0.25, 0.3) is 0 Å². The molecule has 2 rings (SSSR count). The number of hydrogen-bond donors (Lipinski definition) is 1. The molecule has 0 radical (unpaired) electrons. The maximum Gasteiger partial charge on any atom is 0.309 e. The zero-order valence-corrected chi connectivity index (χ0v) is 19.8. The fourth-order valence-electron chi connectivity index (χ4n) is 4.00. The molecular formula is C27H34F2O5. The zero-order valence-electron chi connectivity index (χ0n) is 19.8.